The highest BCUT2D eigenvalue weighted by Crippen LogP contribution is 1.80. The maximum Gasteiger partial charge on any atom is 0.138 e. The SMILES string of the molecule is CO/N=C/c1cncnn1. The van der Waals surface area contributed by atoms with Crippen molar-refractivity contribution in [2.45, 2.75) is 0 Å². The van der Waals surface area contributed by atoms with Gasteiger partial charge in [0.15, 0.2) is 0 Å². The van der Waals surface area contributed by atoms with Gasteiger partial charge in [-0.3, -0.25) is 0 Å². The van der Waals surface area contributed by atoms with Crippen LogP contribution in [0.4, 0.5) is 0 Å². The molecule has 0 fully saturated rings. The first-order valence-electron chi connectivity index (χ1n) is 2.62. The van der Waals surface area contributed by atoms with E-state index in [0.717, 1.165) is 0 Å². The van der Waals surface area contributed by atoms with E-state index in [4.69, 9.17) is 0 Å². The van der Waals surface area contributed by atoms with Crippen molar-refractivity contribution in [1.82, 2.24) is 15.2 Å². The van der Waals surface area contributed by atoms with Crippen LogP contribution in [0.1, 0.15) is 5.69 Å². The fourth-order valence-corrected chi connectivity index (χ4v) is 0.424. The Bertz CT molecular complexity index is 210. The second-order valence-electron chi connectivity index (χ2n) is 1.45. The Morgan fingerprint density at radius 2 is 2.60 bits per heavy atom. The maximum atomic E-state index is 4.42. The van der Waals surface area contributed by atoms with E-state index < -0.39 is 0 Å². The van der Waals surface area contributed by atoms with Crippen LogP contribution < -0.4 is 0 Å². The van der Waals surface area contributed by atoms with Crippen LogP contribution in [0.15, 0.2) is 17.7 Å². The van der Waals surface area contributed by atoms with E-state index in [1.165, 1.54) is 25.8 Å². The Hall–Kier alpha value is -1.52. The fourth-order valence-electron chi connectivity index (χ4n) is 0.424. The van der Waals surface area contributed by atoms with E-state index in [2.05, 4.69) is 25.2 Å². The summed E-state index contributed by atoms with van der Waals surface area (Å²) in [5.74, 6) is 0. The van der Waals surface area contributed by atoms with Crippen LogP contribution in [0, 0.1) is 0 Å². The van der Waals surface area contributed by atoms with E-state index in [1.807, 2.05) is 0 Å². The van der Waals surface area contributed by atoms with Crippen LogP contribution in [0.5, 0.6) is 0 Å². The molecule has 0 aliphatic carbocycles. The van der Waals surface area contributed by atoms with Gasteiger partial charge in [0, 0.05) is 0 Å². The lowest BCUT2D eigenvalue weighted by atomic mass is 10.5. The van der Waals surface area contributed by atoms with Crippen molar-refractivity contribution in [3.8, 4) is 0 Å². The zero-order chi connectivity index (χ0) is 7.23. The minimum absolute atomic E-state index is 0.573. The average molecular weight is 138 g/mol. The normalized spacial score (nSPS) is 10.1. The number of oxime groups is 1. The van der Waals surface area contributed by atoms with Gasteiger partial charge < -0.3 is 4.84 Å². The average Bonchev–Trinajstić information content (AvgIpc) is 2.03. The topological polar surface area (TPSA) is 60.3 Å². The number of hydrogen-bond acceptors (Lipinski definition) is 5. The van der Waals surface area contributed by atoms with Crippen LogP contribution >= 0.6 is 0 Å². The van der Waals surface area contributed by atoms with Gasteiger partial charge >= 0.3 is 0 Å². The third-order valence-corrected chi connectivity index (χ3v) is 0.789. The maximum absolute atomic E-state index is 4.42. The van der Waals surface area contributed by atoms with Crippen LogP contribution in [0.3, 0.4) is 0 Å². The molecule has 1 rings (SSSR count). The third kappa shape index (κ3) is 1.77. The first-order valence-corrected chi connectivity index (χ1v) is 2.62. The van der Waals surface area contributed by atoms with Gasteiger partial charge in [0.05, 0.1) is 12.4 Å². The summed E-state index contributed by atoms with van der Waals surface area (Å²) < 4.78 is 0. The molecule has 1 heterocycles. The summed E-state index contributed by atoms with van der Waals surface area (Å²) in [6.45, 7) is 0. The van der Waals surface area contributed by atoms with Gasteiger partial charge in [-0.2, -0.15) is 0 Å². The highest BCUT2D eigenvalue weighted by Gasteiger charge is 1.85. The summed E-state index contributed by atoms with van der Waals surface area (Å²) in [5.41, 5.74) is 0.573. The van der Waals surface area contributed by atoms with Gasteiger partial charge in [0.1, 0.15) is 19.1 Å². The van der Waals surface area contributed by atoms with E-state index >= 15 is 0 Å². The molecule has 0 bridgehead atoms. The molecule has 0 aliphatic heterocycles. The van der Waals surface area contributed by atoms with E-state index in [1.54, 1.807) is 0 Å². The summed E-state index contributed by atoms with van der Waals surface area (Å²) in [6, 6.07) is 0. The number of rotatable bonds is 2. The summed E-state index contributed by atoms with van der Waals surface area (Å²) >= 11 is 0. The molecule has 0 atom stereocenters. The predicted molar refractivity (Wildman–Crippen MR) is 34.4 cm³/mol. The molecule has 0 N–H and O–H groups in total. The molecular formula is C5H6N4O. The molecule has 52 valence electrons. The molecular weight excluding hydrogens is 132 g/mol. The van der Waals surface area contributed by atoms with Crippen molar-refractivity contribution in [3.05, 3.63) is 18.2 Å². The standard InChI is InChI=1S/C5H6N4O/c1-10-8-3-5-2-6-4-7-9-5/h2-4H,1H3/b8-3+. The Kier molecular flexibility index (Phi) is 2.31. The molecule has 0 aromatic carbocycles. The van der Waals surface area contributed by atoms with Crippen molar-refractivity contribution < 1.29 is 4.84 Å². The van der Waals surface area contributed by atoms with E-state index in [0.29, 0.717) is 5.69 Å². The molecule has 0 saturated heterocycles. The van der Waals surface area contributed by atoms with Crippen molar-refractivity contribution in [3.63, 3.8) is 0 Å². The van der Waals surface area contributed by atoms with Gasteiger partial charge in [-0.1, -0.05) is 5.16 Å². The minimum atomic E-state index is 0.573. The van der Waals surface area contributed by atoms with Gasteiger partial charge in [-0.05, 0) is 0 Å². The molecule has 0 spiro atoms. The molecule has 5 heteroatoms. The molecule has 1 aromatic heterocycles. The van der Waals surface area contributed by atoms with E-state index in [-0.39, 0.29) is 0 Å². The zero-order valence-corrected chi connectivity index (χ0v) is 5.43. The summed E-state index contributed by atoms with van der Waals surface area (Å²) in [6.07, 6.45) is 4.32. The monoisotopic (exact) mass is 138 g/mol. The molecule has 5 nitrogen and oxygen atoms in total. The minimum Gasteiger partial charge on any atom is -0.399 e. The van der Waals surface area contributed by atoms with Crippen LogP contribution in [0.2, 0.25) is 0 Å². The summed E-state index contributed by atoms with van der Waals surface area (Å²) in [7, 11) is 1.46. The lowest BCUT2D eigenvalue weighted by Crippen LogP contribution is -1.91. The van der Waals surface area contributed by atoms with Crippen LogP contribution in [-0.4, -0.2) is 28.5 Å². The molecule has 0 amide bonds. The molecule has 10 heavy (non-hydrogen) atoms. The second kappa shape index (κ2) is 3.49. The zero-order valence-electron chi connectivity index (χ0n) is 5.43. The molecule has 0 aliphatic rings. The summed E-state index contributed by atoms with van der Waals surface area (Å²) in [4.78, 5) is 8.14. The van der Waals surface area contributed by atoms with Crippen molar-refractivity contribution >= 4 is 6.21 Å². The van der Waals surface area contributed by atoms with Gasteiger partial charge in [0.2, 0.25) is 0 Å². The molecule has 0 radical (unpaired) electrons. The highest BCUT2D eigenvalue weighted by atomic mass is 16.6. The quantitative estimate of drug-likeness (QED) is 0.421. The highest BCUT2D eigenvalue weighted by molar-refractivity contribution is 5.75. The van der Waals surface area contributed by atoms with Crippen LogP contribution in [0.25, 0.3) is 0 Å². The number of hydrogen-bond donors (Lipinski definition) is 0. The number of nitrogens with zero attached hydrogens (tertiary/aromatic N) is 4. The Balaban J connectivity index is 2.67. The van der Waals surface area contributed by atoms with Crippen molar-refractivity contribution in [1.29, 1.82) is 0 Å². The first kappa shape index (κ1) is 6.60. The molecule has 0 unspecified atom stereocenters. The van der Waals surface area contributed by atoms with Gasteiger partial charge in [-0.25, -0.2) is 4.98 Å². The lowest BCUT2D eigenvalue weighted by molar-refractivity contribution is 0.215. The Labute approximate surface area is 57.8 Å². The van der Waals surface area contributed by atoms with Crippen LogP contribution in [-0.2, 0) is 4.84 Å². The first-order chi connectivity index (χ1) is 4.93. The smallest absolute Gasteiger partial charge is 0.138 e. The Morgan fingerprint density at radius 3 is 3.20 bits per heavy atom. The number of aromatic nitrogens is 3. The lowest BCUT2D eigenvalue weighted by Gasteiger charge is -1.85. The fraction of sp³-hybridized carbons (Fsp3) is 0.200. The van der Waals surface area contributed by atoms with E-state index in [9.17, 15) is 0 Å². The van der Waals surface area contributed by atoms with Crippen molar-refractivity contribution in [2.24, 2.45) is 5.16 Å². The molecule has 1 aromatic rings. The summed E-state index contributed by atoms with van der Waals surface area (Å²) in [5, 5.41) is 10.7. The Morgan fingerprint density at radius 1 is 1.70 bits per heavy atom. The predicted octanol–water partition coefficient (Wildman–Crippen LogP) is -0.148. The van der Waals surface area contributed by atoms with Crippen molar-refractivity contribution in [2.75, 3.05) is 7.11 Å². The molecule has 0 saturated carbocycles. The van der Waals surface area contributed by atoms with Gasteiger partial charge in [-0.15, -0.1) is 10.2 Å². The third-order valence-electron chi connectivity index (χ3n) is 0.789. The largest absolute Gasteiger partial charge is 0.399 e. The van der Waals surface area contributed by atoms with Gasteiger partial charge in [0.25, 0.3) is 0 Å². The second-order valence-corrected chi connectivity index (χ2v) is 1.45.